The number of hydrogen-bond acceptors (Lipinski definition) is 4. The molecule has 1 amide bonds. The zero-order chi connectivity index (χ0) is 19.3. The molecule has 0 bridgehead atoms. The lowest BCUT2D eigenvalue weighted by atomic mass is 9.53. The summed E-state index contributed by atoms with van der Waals surface area (Å²) in [7, 11) is 1.79. The van der Waals surface area contributed by atoms with Crippen molar-refractivity contribution >= 4 is 36.0 Å². The van der Waals surface area contributed by atoms with Crippen LogP contribution in [-0.2, 0) is 9.47 Å². The van der Waals surface area contributed by atoms with Gasteiger partial charge in [0.1, 0.15) is 0 Å². The first-order chi connectivity index (χ1) is 12.4. The van der Waals surface area contributed by atoms with Crippen molar-refractivity contribution in [3.8, 4) is 0 Å². The molecule has 0 aromatic heterocycles. The minimum absolute atomic E-state index is 0. The van der Waals surface area contributed by atoms with E-state index in [-0.39, 0.29) is 53.7 Å². The summed E-state index contributed by atoms with van der Waals surface area (Å²) in [5.41, 5.74) is 6.31. The Morgan fingerprint density at radius 1 is 1.26 bits per heavy atom. The normalized spacial score (nSPS) is 28.1. The Labute approximate surface area is 180 Å². The predicted molar refractivity (Wildman–Crippen MR) is 119 cm³/mol. The number of likely N-dealkylation sites (tertiary alicyclic amines) is 1. The minimum atomic E-state index is -0.225. The van der Waals surface area contributed by atoms with Gasteiger partial charge < -0.3 is 25.4 Å². The molecule has 2 fully saturated rings. The van der Waals surface area contributed by atoms with Gasteiger partial charge in [-0.15, -0.1) is 24.0 Å². The molecule has 3 N–H and O–H groups in total. The lowest BCUT2D eigenvalue weighted by Gasteiger charge is -2.57. The second-order valence-electron chi connectivity index (χ2n) is 7.52. The third kappa shape index (κ3) is 4.99. The number of nitrogens with one attached hydrogen (secondary N) is 1. The van der Waals surface area contributed by atoms with Crippen LogP contribution >= 0.6 is 24.0 Å². The number of nitrogens with zero attached hydrogens (tertiary/aromatic N) is 2. The van der Waals surface area contributed by atoms with Gasteiger partial charge in [-0.2, -0.15) is 0 Å². The van der Waals surface area contributed by atoms with Crippen molar-refractivity contribution in [3.63, 3.8) is 0 Å². The van der Waals surface area contributed by atoms with E-state index in [1.807, 2.05) is 6.92 Å². The first-order valence-corrected chi connectivity index (χ1v) is 9.97. The van der Waals surface area contributed by atoms with Crippen molar-refractivity contribution in [1.29, 1.82) is 0 Å². The number of amides is 1. The van der Waals surface area contributed by atoms with Gasteiger partial charge in [0, 0.05) is 37.6 Å². The number of methoxy groups -OCH3 is 1. The standard InChI is InChI=1S/C19H36N4O3.HI/c1-6-19(7-2)15(13(4)16(19)25-5)22-17(20)21-14-9-11-23(12-10-14)18(24)26-8-3;/h13-16H,6-12H2,1-5H3,(H3,20,21,22);1H. The zero-order valence-electron chi connectivity index (χ0n) is 17.4. The number of halogens is 1. The summed E-state index contributed by atoms with van der Waals surface area (Å²) < 4.78 is 10.8. The summed E-state index contributed by atoms with van der Waals surface area (Å²) >= 11 is 0. The SMILES string of the molecule is CCOC(=O)N1CCC(NC(N)=NC2C(C)C(OC)C2(CC)CC)CC1.I. The average Bonchev–Trinajstić information content (AvgIpc) is 2.64. The van der Waals surface area contributed by atoms with Gasteiger partial charge in [-0.25, -0.2) is 9.79 Å². The monoisotopic (exact) mass is 496 g/mol. The lowest BCUT2D eigenvalue weighted by molar-refractivity contribution is -0.156. The largest absolute Gasteiger partial charge is 0.450 e. The molecule has 3 atom stereocenters. The molecule has 0 aromatic carbocycles. The third-order valence-corrected chi connectivity index (χ3v) is 6.35. The first kappa shape index (κ1) is 24.3. The zero-order valence-corrected chi connectivity index (χ0v) is 19.7. The second kappa shape index (κ2) is 10.7. The van der Waals surface area contributed by atoms with Crippen LogP contribution in [-0.4, -0.2) is 61.9 Å². The number of carbonyl (C=O) groups is 1. The number of carbonyl (C=O) groups excluding carboxylic acids is 1. The maximum atomic E-state index is 11.8. The predicted octanol–water partition coefficient (Wildman–Crippen LogP) is 2.97. The summed E-state index contributed by atoms with van der Waals surface area (Å²) in [5, 5.41) is 3.36. The highest BCUT2D eigenvalue weighted by Gasteiger charge is 2.58. The first-order valence-electron chi connectivity index (χ1n) is 9.97. The molecule has 1 aliphatic carbocycles. The van der Waals surface area contributed by atoms with Crippen LogP contribution in [0.2, 0.25) is 0 Å². The van der Waals surface area contributed by atoms with Crippen molar-refractivity contribution in [2.45, 2.75) is 71.6 Å². The molecule has 7 nitrogen and oxygen atoms in total. The van der Waals surface area contributed by atoms with Gasteiger partial charge in [-0.1, -0.05) is 20.8 Å². The van der Waals surface area contributed by atoms with Crippen LogP contribution in [0.3, 0.4) is 0 Å². The number of guanidine groups is 1. The van der Waals surface area contributed by atoms with E-state index < -0.39 is 0 Å². The van der Waals surface area contributed by atoms with Crippen molar-refractivity contribution in [1.82, 2.24) is 10.2 Å². The maximum absolute atomic E-state index is 11.8. The topological polar surface area (TPSA) is 89.2 Å². The Hall–Kier alpha value is -0.770. The number of nitrogens with two attached hydrogens (primary N) is 1. The Morgan fingerprint density at radius 3 is 2.33 bits per heavy atom. The van der Waals surface area contributed by atoms with E-state index in [0.29, 0.717) is 31.6 Å². The molecule has 0 spiro atoms. The van der Waals surface area contributed by atoms with Gasteiger partial charge in [0.25, 0.3) is 0 Å². The van der Waals surface area contributed by atoms with Crippen molar-refractivity contribution in [2.75, 3.05) is 26.8 Å². The Bertz CT molecular complexity index is 505. The van der Waals surface area contributed by atoms with E-state index in [0.717, 1.165) is 25.7 Å². The number of ether oxygens (including phenoxy) is 2. The van der Waals surface area contributed by atoms with E-state index in [4.69, 9.17) is 20.2 Å². The fraction of sp³-hybridized carbons (Fsp3) is 0.895. The van der Waals surface area contributed by atoms with Crippen LogP contribution < -0.4 is 11.1 Å². The maximum Gasteiger partial charge on any atom is 0.409 e. The number of hydrogen-bond donors (Lipinski definition) is 2. The van der Waals surface area contributed by atoms with Gasteiger partial charge >= 0.3 is 6.09 Å². The van der Waals surface area contributed by atoms with Crippen molar-refractivity contribution < 1.29 is 14.3 Å². The molecular formula is C19H37IN4O3. The van der Waals surface area contributed by atoms with Crippen molar-refractivity contribution in [2.24, 2.45) is 22.1 Å². The molecular weight excluding hydrogens is 459 g/mol. The average molecular weight is 496 g/mol. The van der Waals surface area contributed by atoms with Gasteiger partial charge in [0.05, 0.1) is 18.8 Å². The molecule has 1 saturated heterocycles. The molecule has 1 saturated carbocycles. The molecule has 0 radical (unpaired) electrons. The smallest absolute Gasteiger partial charge is 0.409 e. The Balaban J connectivity index is 0.00000364. The van der Waals surface area contributed by atoms with E-state index in [9.17, 15) is 4.79 Å². The van der Waals surface area contributed by atoms with Crippen molar-refractivity contribution in [3.05, 3.63) is 0 Å². The third-order valence-electron chi connectivity index (χ3n) is 6.35. The highest BCUT2D eigenvalue weighted by Crippen LogP contribution is 2.54. The molecule has 27 heavy (non-hydrogen) atoms. The molecule has 2 aliphatic rings. The molecule has 8 heteroatoms. The highest BCUT2D eigenvalue weighted by molar-refractivity contribution is 14.0. The van der Waals surface area contributed by atoms with E-state index in [1.54, 1.807) is 12.0 Å². The molecule has 1 aliphatic heterocycles. The van der Waals surface area contributed by atoms with Crippen LogP contribution in [0.5, 0.6) is 0 Å². The fourth-order valence-electron chi connectivity index (χ4n) is 4.85. The highest BCUT2D eigenvalue weighted by atomic mass is 127. The van der Waals surface area contributed by atoms with Gasteiger partial charge in [0.2, 0.25) is 0 Å². The molecule has 3 unspecified atom stereocenters. The number of rotatable bonds is 6. The van der Waals surface area contributed by atoms with E-state index in [1.165, 1.54) is 0 Å². The summed E-state index contributed by atoms with van der Waals surface area (Å²) in [4.78, 5) is 18.4. The van der Waals surface area contributed by atoms with Crippen LogP contribution in [0.15, 0.2) is 4.99 Å². The molecule has 1 heterocycles. The van der Waals surface area contributed by atoms with Crippen LogP contribution in [0.1, 0.15) is 53.4 Å². The van der Waals surface area contributed by atoms with Gasteiger partial charge in [0.15, 0.2) is 5.96 Å². The summed E-state index contributed by atoms with van der Waals surface area (Å²) in [6, 6.07) is 0.435. The Kier molecular flexibility index (Phi) is 9.61. The molecule has 0 aromatic rings. The number of piperidine rings is 1. The van der Waals surface area contributed by atoms with Gasteiger partial charge in [-0.05, 0) is 32.6 Å². The lowest BCUT2D eigenvalue weighted by Crippen LogP contribution is -2.64. The summed E-state index contributed by atoms with van der Waals surface area (Å²) in [6.45, 7) is 10.2. The van der Waals surface area contributed by atoms with E-state index in [2.05, 4.69) is 26.1 Å². The number of aliphatic imine (C=N–C) groups is 1. The Morgan fingerprint density at radius 2 is 1.85 bits per heavy atom. The molecule has 158 valence electrons. The van der Waals surface area contributed by atoms with Crippen LogP contribution in [0.25, 0.3) is 0 Å². The summed E-state index contributed by atoms with van der Waals surface area (Å²) in [6.07, 6.45) is 3.78. The second-order valence-corrected chi connectivity index (χ2v) is 7.52. The fourth-order valence-corrected chi connectivity index (χ4v) is 4.85. The van der Waals surface area contributed by atoms with Gasteiger partial charge in [-0.3, -0.25) is 0 Å². The van der Waals surface area contributed by atoms with E-state index >= 15 is 0 Å². The quantitative estimate of drug-likeness (QED) is 0.335. The summed E-state index contributed by atoms with van der Waals surface area (Å²) in [5.74, 6) is 0.878. The minimum Gasteiger partial charge on any atom is -0.450 e. The van der Waals surface area contributed by atoms with Crippen LogP contribution in [0, 0.1) is 11.3 Å². The molecule has 2 rings (SSSR count). The van der Waals surface area contributed by atoms with Crippen LogP contribution in [0.4, 0.5) is 4.79 Å².